The number of aldehydes is 1. The number of carbonyl (C=O) groups excluding carboxylic acids is 1. The SMILES string of the molecule is CCOC(C)OC(c1ccccc1F)c1sccc1C=O. The first-order valence-electron chi connectivity index (χ1n) is 6.71. The smallest absolute Gasteiger partial charge is 0.156 e. The lowest BCUT2D eigenvalue weighted by Crippen LogP contribution is -2.18. The normalized spacial score (nSPS) is 13.9. The van der Waals surface area contributed by atoms with Crippen LogP contribution in [0, 0.1) is 5.82 Å². The number of hydrogen-bond donors (Lipinski definition) is 0. The lowest BCUT2D eigenvalue weighted by Gasteiger charge is -2.23. The Hall–Kier alpha value is -1.56. The molecule has 0 aliphatic rings. The monoisotopic (exact) mass is 308 g/mol. The molecule has 1 aromatic carbocycles. The summed E-state index contributed by atoms with van der Waals surface area (Å²) in [6, 6.07) is 8.11. The summed E-state index contributed by atoms with van der Waals surface area (Å²) in [6.07, 6.45) is -0.400. The van der Waals surface area contributed by atoms with Crippen molar-refractivity contribution in [2.45, 2.75) is 26.2 Å². The Morgan fingerprint density at radius 2 is 2.10 bits per heavy atom. The van der Waals surface area contributed by atoms with Crippen LogP contribution in [0.15, 0.2) is 35.7 Å². The molecule has 2 unspecified atom stereocenters. The molecule has 2 rings (SSSR count). The molecule has 0 radical (unpaired) electrons. The molecule has 3 nitrogen and oxygen atoms in total. The Balaban J connectivity index is 2.40. The Morgan fingerprint density at radius 1 is 1.33 bits per heavy atom. The molecule has 2 aromatic rings. The number of ether oxygens (including phenoxy) is 2. The van der Waals surface area contributed by atoms with Gasteiger partial charge < -0.3 is 9.47 Å². The van der Waals surface area contributed by atoms with Crippen LogP contribution in [0.4, 0.5) is 4.39 Å². The number of hydrogen-bond acceptors (Lipinski definition) is 4. The van der Waals surface area contributed by atoms with Gasteiger partial charge in [-0.15, -0.1) is 11.3 Å². The van der Waals surface area contributed by atoms with E-state index in [0.717, 1.165) is 6.29 Å². The molecule has 0 bridgehead atoms. The van der Waals surface area contributed by atoms with Crippen LogP contribution in [0.25, 0.3) is 0 Å². The predicted octanol–water partition coefficient (Wildman–Crippen LogP) is 4.19. The van der Waals surface area contributed by atoms with Crippen molar-refractivity contribution in [2.24, 2.45) is 0 Å². The van der Waals surface area contributed by atoms with Gasteiger partial charge in [0.15, 0.2) is 12.6 Å². The molecule has 0 aliphatic heterocycles. The van der Waals surface area contributed by atoms with Gasteiger partial charge in [-0.1, -0.05) is 18.2 Å². The Labute approximate surface area is 127 Å². The van der Waals surface area contributed by atoms with Crippen molar-refractivity contribution in [1.82, 2.24) is 0 Å². The highest BCUT2D eigenvalue weighted by molar-refractivity contribution is 7.10. The molecular weight excluding hydrogens is 291 g/mol. The van der Waals surface area contributed by atoms with Gasteiger partial charge in [0, 0.05) is 22.6 Å². The highest BCUT2D eigenvalue weighted by atomic mass is 32.1. The van der Waals surface area contributed by atoms with Crippen molar-refractivity contribution in [3.63, 3.8) is 0 Å². The molecule has 0 saturated heterocycles. The zero-order valence-electron chi connectivity index (χ0n) is 11.9. The molecule has 0 amide bonds. The summed E-state index contributed by atoms with van der Waals surface area (Å²) in [6.45, 7) is 4.11. The van der Waals surface area contributed by atoms with Gasteiger partial charge in [0.25, 0.3) is 0 Å². The third-order valence-corrected chi connectivity index (χ3v) is 3.98. The van der Waals surface area contributed by atoms with Gasteiger partial charge in [0.1, 0.15) is 11.9 Å². The maximum Gasteiger partial charge on any atom is 0.156 e. The van der Waals surface area contributed by atoms with E-state index >= 15 is 0 Å². The molecule has 0 saturated carbocycles. The first-order valence-corrected chi connectivity index (χ1v) is 7.59. The van der Waals surface area contributed by atoms with Gasteiger partial charge in [-0.3, -0.25) is 4.79 Å². The predicted molar refractivity (Wildman–Crippen MR) is 80.1 cm³/mol. The van der Waals surface area contributed by atoms with Crippen LogP contribution in [0.3, 0.4) is 0 Å². The molecule has 2 atom stereocenters. The summed E-state index contributed by atoms with van der Waals surface area (Å²) in [4.78, 5) is 11.8. The van der Waals surface area contributed by atoms with E-state index in [1.165, 1.54) is 17.4 Å². The molecule has 0 aliphatic carbocycles. The maximum absolute atomic E-state index is 14.1. The van der Waals surface area contributed by atoms with Gasteiger partial charge in [-0.25, -0.2) is 4.39 Å². The molecular formula is C16H17FO3S. The second-order valence-corrected chi connectivity index (χ2v) is 5.37. The molecule has 0 N–H and O–H groups in total. The first kappa shape index (κ1) is 15.8. The van der Waals surface area contributed by atoms with Crippen molar-refractivity contribution in [3.05, 3.63) is 57.5 Å². The topological polar surface area (TPSA) is 35.5 Å². The second kappa shape index (κ2) is 7.45. The van der Waals surface area contributed by atoms with Crippen LogP contribution in [0.5, 0.6) is 0 Å². The summed E-state index contributed by atoms with van der Waals surface area (Å²) < 4.78 is 25.3. The van der Waals surface area contributed by atoms with E-state index in [-0.39, 0.29) is 5.82 Å². The summed E-state index contributed by atoms with van der Waals surface area (Å²) in [5, 5.41) is 1.79. The standard InChI is InChI=1S/C16H17FO3S/c1-3-19-11(2)20-15(13-6-4-5-7-14(13)17)16-12(10-18)8-9-21-16/h4-11,15H,3H2,1-2H3. The number of rotatable bonds is 7. The third-order valence-electron chi connectivity index (χ3n) is 3.01. The van der Waals surface area contributed by atoms with E-state index in [1.54, 1.807) is 36.6 Å². The third kappa shape index (κ3) is 3.75. The van der Waals surface area contributed by atoms with Gasteiger partial charge in [-0.2, -0.15) is 0 Å². The van der Waals surface area contributed by atoms with Gasteiger partial charge in [0.05, 0.1) is 0 Å². The van der Waals surface area contributed by atoms with Crippen LogP contribution in [-0.4, -0.2) is 19.2 Å². The summed E-state index contributed by atoms with van der Waals surface area (Å²) >= 11 is 1.37. The van der Waals surface area contributed by atoms with Crippen molar-refractivity contribution in [3.8, 4) is 0 Å². The van der Waals surface area contributed by atoms with E-state index in [1.807, 2.05) is 6.92 Å². The Bertz CT molecular complexity index is 597. The van der Waals surface area contributed by atoms with E-state index < -0.39 is 12.4 Å². The fraction of sp³-hybridized carbons (Fsp3) is 0.312. The van der Waals surface area contributed by atoms with Crippen LogP contribution in [0.1, 0.15) is 40.8 Å². The molecule has 1 heterocycles. The highest BCUT2D eigenvalue weighted by Crippen LogP contribution is 2.34. The second-order valence-electron chi connectivity index (χ2n) is 4.42. The highest BCUT2D eigenvalue weighted by Gasteiger charge is 2.24. The minimum Gasteiger partial charge on any atom is -0.353 e. The molecule has 0 spiro atoms. The number of carbonyl (C=O) groups is 1. The lowest BCUT2D eigenvalue weighted by molar-refractivity contribution is -0.148. The lowest BCUT2D eigenvalue weighted by atomic mass is 10.0. The number of benzene rings is 1. The largest absolute Gasteiger partial charge is 0.353 e. The minimum atomic E-state index is -0.659. The number of thiophene rings is 1. The van der Waals surface area contributed by atoms with E-state index in [0.29, 0.717) is 22.6 Å². The van der Waals surface area contributed by atoms with E-state index in [4.69, 9.17) is 9.47 Å². The Morgan fingerprint density at radius 3 is 2.76 bits per heavy atom. The average Bonchev–Trinajstić information content (AvgIpc) is 2.94. The van der Waals surface area contributed by atoms with Gasteiger partial charge >= 0.3 is 0 Å². The number of halogens is 1. The maximum atomic E-state index is 14.1. The van der Waals surface area contributed by atoms with Crippen molar-refractivity contribution < 1.29 is 18.7 Å². The molecule has 21 heavy (non-hydrogen) atoms. The van der Waals surface area contributed by atoms with Gasteiger partial charge in [0.2, 0.25) is 0 Å². The van der Waals surface area contributed by atoms with Crippen molar-refractivity contribution >= 4 is 17.6 Å². The molecule has 112 valence electrons. The van der Waals surface area contributed by atoms with E-state index in [2.05, 4.69) is 0 Å². The molecule has 1 aromatic heterocycles. The zero-order valence-corrected chi connectivity index (χ0v) is 12.7. The zero-order chi connectivity index (χ0) is 15.2. The van der Waals surface area contributed by atoms with Crippen LogP contribution >= 0.6 is 11.3 Å². The van der Waals surface area contributed by atoms with E-state index in [9.17, 15) is 9.18 Å². The summed E-state index contributed by atoms with van der Waals surface area (Å²) in [5.74, 6) is -0.364. The average molecular weight is 308 g/mol. The molecule has 5 heteroatoms. The minimum absolute atomic E-state index is 0.364. The van der Waals surface area contributed by atoms with Crippen LogP contribution < -0.4 is 0 Å². The Kier molecular flexibility index (Phi) is 5.61. The van der Waals surface area contributed by atoms with Crippen molar-refractivity contribution in [2.75, 3.05) is 6.61 Å². The molecule has 0 fully saturated rings. The van der Waals surface area contributed by atoms with Gasteiger partial charge in [-0.05, 0) is 31.4 Å². The van der Waals surface area contributed by atoms with Crippen molar-refractivity contribution in [1.29, 1.82) is 0 Å². The van der Waals surface area contributed by atoms with Crippen LogP contribution in [-0.2, 0) is 9.47 Å². The quantitative estimate of drug-likeness (QED) is 0.568. The summed E-state index contributed by atoms with van der Waals surface area (Å²) in [7, 11) is 0. The summed E-state index contributed by atoms with van der Waals surface area (Å²) in [5.41, 5.74) is 0.909. The fourth-order valence-electron chi connectivity index (χ4n) is 2.07. The fourth-order valence-corrected chi connectivity index (χ4v) is 2.99. The first-order chi connectivity index (χ1) is 10.2. The van der Waals surface area contributed by atoms with Crippen LogP contribution in [0.2, 0.25) is 0 Å².